The average molecular weight is 238 g/mol. The summed E-state index contributed by atoms with van der Waals surface area (Å²) in [5.41, 5.74) is 2.25. The third-order valence-electron chi connectivity index (χ3n) is 3.50. The molecule has 17 heavy (non-hydrogen) atoms. The Bertz CT molecular complexity index is 354. The van der Waals surface area contributed by atoms with Crippen LogP contribution in [0, 0.1) is 0 Å². The van der Waals surface area contributed by atoms with E-state index in [9.17, 15) is 5.11 Å². The van der Waals surface area contributed by atoms with E-state index in [1.165, 1.54) is 0 Å². The number of aliphatic hydroxyl groups is 1. The van der Waals surface area contributed by atoms with Crippen molar-refractivity contribution in [1.29, 1.82) is 0 Å². The first kappa shape index (κ1) is 12.6. The molecule has 96 valence electrons. The minimum Gasteiger partial charge on any atom is -0.393 e. The van der Waals surface area contributed by atoms with Gasteiger partial charge in [-0.05, 0) is 38.2 Å². The van der Waals surface area contributed by atoms with E-state index >= 15 is 0 Å². The van der Waals surface area contributed by atoms with Gasteiger partial charge in [-0.2, -0.15) is 5.10 Å². The molecule has 0 aromatic carbocycles. The summed E-state index contributed by atoms with van der Waals surface area (Å²) in [6.45, 7) is 2.74. The van der Waals surface area contributed by atoms with Crippen LogP contribution in [0.2, 0.25) is 0 Å². The van der Waals surface area contributed by atoms with E-state index in [0.29, 0.717) is 12.7 Å². The molecular formula is C13H22N2O2. The van der Waals surface area contributed by atoms with Gasteiger partial charge >= 0.3 is 0 Å². The minimum absolute atomic E-state index is 0.113. The minimum atomic E-state index is -0.113. The van der Waals surface area contributed by atoms with Crippen LogP contribution in [0.4, 0.5) is 0 Å². The van der Waals surface area contributed by atoms with Gasteiger partial charge in [-0.1, -0.05) is 6.92 Å². The topological polar surface area (TPSA) is 47.3 Å². The van der Waals surface area contributed by atoms with Gasteiger partial charge in [0.15, 0.2) is 0 Å². The second kappa shape index (κ2) is 5.65. The van der Waals surface area contributed by atoms with Crippen LogP contribution in [0.15, 0.2) is 6.07 Å². The van der Waals surface area contributed by atoms with Gasteiger partial charge in [0, 0.05) is 7.05 Å². The molecule has 1 heterocycles. The molecule has 4 nitrogen and oxygen atoms in total. The molecule has 0 bridgehead atoms. The lowest BCUT2D eigenvalue weighted by Gasteiger charge is -2.25. The lowest BCUT2D eigenvalue weighted by atomic mass is 9.95. The maximum absolute atomic E-state index is 9.42. The molecule has 1 aliphatic carbocycles. The number of aryl methyl sites for hydroxylation is 2. The third kappa shape index (κ3) is 3.30. The molecule has 1 saturated carbocycles. The molecule has 0 radical (unpaired) electrons. The van der Waals surface area contributed by atoms with E-state index in [1.54, 1.807) is 0 Å². The van der Waals surface area contributed by atoms with Crippen LogP contribution in [-0.2, 0) is 24.8 Å². The van der Waals surface area contributed by atoms with Crippen molar-refractivity contribution in [2.24, 2.45) is 7.05 Å². The van der Waals surface area contributed by atoms with E-state index in [0.717, 1.165) is 43.5 Å². The maximum Gasteiger partial charge on any atom is 0.0888 e. The predicted molar refractivity (Wildman–Crippen MR) is 65.6 cm³/mol. The molecule has 1 aromatic heterocycles. The summed E-state index contributed by atoms with van der Waals surface area (Å²) in [5, 5.41) is 13.8. The van der Waals surface area contributed by atoms with Gasteiger partial charge in [-0.25, -0.2) is 0 Å². The van der Waals surface area contributed by atoms with Gasteiger partial charge in [0.2, 0.25) is 0 Å². The van der Waals surface area contributed by atoms with E-state index in [2.05, 4.69) is 18.1 Å². The molecule has 4 heteroatoms. The Hall–Kier alpha value is -0.870. The zero-order valence-corrected chi connectivity index (χ0v) is 10.7. The molecule has 1 fully saturated rings. The number of ether oxygens (including phenoxy) is 1. The largest absolute Gasteiger partial charge is 0.393 e. The van der Waals surface area contributed by atoms with Gasteiger partial charge in [0.25, 0.3) is 0 Å². The van der Waals surface area contributed by atoms with E-state index in [4.69, 9.17) is 4.74 Å². The van der Waals surface area contributed by atoms with Crippen molar-refractivity contribution >= 4 is 0 Å². The summed E-state index contributed by atoms with van der Waals surface area (Å²) in [6, 6.07) is 2.11. The van der Waals surface area contributed by atoms with Crippen LogP contribution >= 0.6 is 0 Å². The molecule has 0 saturated heterocycles. The van der Waals surface area contributed by atoms with Gasteiger partial charge in [0.1, 0.15) is 0 Å². The van der Waals surface area contributed by atoms with Crippen LogP contribution in [0.1, 0.15) is 44.0 Å². The number of hydrogen-bond donors (Lipinski definition) is 1. The van der Waals surface area contributed by atoms with Crippen molar-refractivity contribution in [3.63, 3.8) is 0 Å². The molecule has 0 unspecified atom stereocenters. The lowest BCUT2D eigenvalue weighted by Crippen LogP contribution is -2.24. The second-order valence-corrected chi connectivity index (χ2v) is 4.85. The Morgan fingerprint density at radius 3 is 2.71 bits per heavy atom. The molecule has 0 aliphatic heterocycles. The number of aromatic nitrogens is 2. The van der Waals surface area contributed by atoms with Crippen LogP contribution in [0.5, 0.6) is 0 Å². The quantitative estimate of drug-likeness (QED) is 0.870. The summed E-state index contributed by atoms with van der Waals surface area (Å²) in [7, 11) is 1.96. The van der Waals surface area contributed by atoms with Crippen LogP contribution in [0.3, 0.4) is 0 Å². The Morgan fingerprint density at radius 2 is 2.12 bits per heavy atom. The van der Waals surface area contributed by atoms with E-state index in [-0.39, 0.29) is 6.10 Å². The highest BCUT2D eigenvalue weighted by molar-refractivity contribution is 5.09. The summed E-state index contributed by atoms with van der Waals surface area (Å²) in [6.07, 6.45) is 4.84. The third-order valence-corrected chi connectivity index (χ3v) is 3.50. The Kier molecular flexibility index (Phi) is 4.18. The van der Waals surface area contributed by atoms with Crippen molar-refractivity contribution in [1.82, 2.24) is 9.78 Å². The van der Waals surface area contributed by atoms with Crippen molar-refractivity contribution in [2.45, 2.75) is 57.8 Å². The Balaban J connectivity index is 1.83. The summed E-state index contributed by atoms with van der Waals surface area (Å²) < 4.78 is 7.78. The molecule has 2 rings (SSSR count). The van der Waals surface area contributed by atoms with Crippen molar-refractivity contribution in [3.8, 4) is 0 Å². The normalized spacial score (nSPS) is 25.1. The second-order valence-electron chi connectivity index (χ2n) is 4.85. The highest BCUT2D eigenvalue weighted by atomic mass is 16.5. The summed E-state index contributed by atoms with van der Waals surface area (Å²) in [5.74, 6) is 0. The first-order valence-corrected chi connectivity index (χ1v) is 6.50. The van der Waals surface area contributed by atoms with Gasteiger partial charge in [-0.3, -0.25) is 4.68 Å². The molecule has 1 aliphatic rings. The van der Waals surface area contributed by atoms with Crippen LogP contribution in [-0.4, -0.2) is 27.1 Å². The first-order chi connectivity index (χ1) is 8.19. The highest BCUT2D eigenvalue weighted by Gasteiger charge is 2.20. The summed E-state index contributed by atoms with van der Waals surface area (Å²) >= 11 is 0. The fourth-order valence-corrected chi connectivity index (χ4v) is 2.29. The standard InChI is InChI=1S/C13H22N2O2/c1-3-10-8-11(15(2)14-10)9-17-13-6-4-12(16)5-7-13/h8,12-13,16H,3-7,9H2,1-2H3. The van der Waals surface area contributed by atoms with Gasteiger partial charge < -0.3 is 9.84 Å². The highest BCUT2D eigenvalue weighted by Crippen LogP contribution is 2.22. The smallest absolute Gasteiger partial charge is 0.0888 e. The lowest BCUT2D eigenvalue weighted by molar-refractivity contribution is -0.0139. The van der Waals surface area contributed by atoms with Crippen molar-refractivity contribution in [2.75, 3.05) is 0 Å². The average Bonchev–Trinajstić information content (AvgIpc) is 2.69. The molecular weight excluding hydrogens is 216 g/mol. The van der Waals surface area contributed by atoms with Gasteiger partial charge in [0.05, 0.1) is 30.2 Å². The maximum atomic E-state index is 9.42. The Labute approximate surface area is 103 Å². The number of aliphatic hydroxyl groups excluding tert-OH is 1. The monoisotopic (exact) mass is 238 g/mol. The molecule has 1 N–H and O–H groups in total. The Morgan fingerprint density at radius 1 is 1.41 bits per heavy atom. The number of rotatable bonds is 4. The van der Waals surface area contributed by atoms with Crippen LogP contribution < -0.4 is 0 Å². The molecule has 0 spiro atoms. The van der Waals surface area contributed by atoms with E-state index < -0.39 is 0 Å². The van der Waals surface area contributed by atoms with Gasteiger partial charge in [-0.15, -0.1) is 0 Å². The van der Waals surface area contributed by atoms with Crippen molar-refractivity contribution < 1.29 is 9.84 Å². The predicted octanol–water partition coefficient (Wildman–Crippen LogP) is 1.80. The molecule has 0 atom stereocenters. The fraction of sp³-hybridized carbons (Fsp3) is 0.769. The SMILES string of the molecule is CCc1cc(COC2CCC(O)CC2)n(C)n1. The van der Waals surface area contributed by atoms with Crippen LogP contribution in [0.25, 0.3) is 0 Å². The number of nitrogens with zero attached hydrogens (tertiary/aromatic N) is 2. The molecule has 0 amide bonds. The zero-order valence-electron chi connectivity index (χ0n) is 10.7. The summed E-state index contributed by atoms with van der Waals surface area (Å²) in [4.78, 5) is 0. The first-order valence-electron chi connectivity index (χ1n) is 6.50. The zero-order chi connectivity index (χ0) is 12.3. The molecule has 1 aromatic rings. The fourth-order valence-electron chi connectivity index (χ4n) is 2.29. The number of hydrogen-bond acceptors (Lipinski definition) is 3. The van der Waals surface area contributed by atoms with Crippen molar-refractivity contribution in [3.05, 3.63) is 17.5 Å². The van der Waals surface area contributed by atoms with E-state index in [1.807, 2.05) is 11.7 Å².